The molecule has 0 amide bonds. The van der Waals surface area contributed by atoms with E-state index in [1.165, 1.54) is 44.9 Å². The lowest BCUT2D eigenvalue weighted by Crippen LogP contribution is -2.38. The van der Waals surface area contributed by atoms with E-state index in [0.717, 1.165) is 37.6 Å². The Hall–Kier alpha value is -0.0800. The molecule has 0 aromatic rings. The summed E-state index contributed by atoms with van der Waals surface area (Å²) in [6.45, 7) is 9.62. The van der Waals surface area contributed by atoms with Crippen molar-refractivity contribution in [2.75, 3.05) is 19.8 Å². The zero-order chi connectivity index (χ0) is 13.2. The van der Waals surface area contributed by atoms with Crippen molar-refractivity contribution in [2.45, 2.75) is 71.8 Å². The molecule has 0 bridgehead atoms. The van der Waals surface area contributed by atoms with Crippen LogP contribution in [0.4, 0.5) is 0 Å². The molecule has 0 aliphatic heterocycles. The second-order valence-electron chi connectivity index (χ2n) is 6.16. The highest BCUT2D eigenvalue weighted by atomic mass is 16.5. The molecule has 1 aliphatic rings. The summed E-state index contributed by atoms with van der Waals surface area (Å²) in [5.41, 5.74) is 0. The molecule has 1 atom stereocenters. The van der Waals surface area contributed by atoms with Crippen molar-refractivity contribution in [3.05, 3.63) is 0 Å². The van der Waals surface area contributed by atoms with Crippen molar-refractivity contribution < 1.29 is 4.74 Å². The SMILES string of the molecule is CCC(NCCOCCC(C)C)C1CCCCC1. The highest BCUT2D eigenvalue weighted by molar-refractivity contribution is 4.78. The molecule has 2 heteroatoms. The van der Waals surface area contributed by atoms with E-state index in [-0.39, 0.29) is 0 Å². The van der Waals surface area contributed by atoms with E-state index in [0.29, 0.717) is 0 Å². The van der Waals surface area contributed by atoms with E-state index < -0.39 is 0 Å². The van der Waals surface area contributed by atoms with Gasteiger partial charge in [0.25, 0.3) is 0 Å². The fourth-order valence-corrected chi connectivity index (χ4v) is 2.92. The minimum absolute atomic E-state index is 0.721. The molecule has 1 N–H and O–H groups in total. The Balaban J connectivity index is 2.04. The van der Waals surface area contributed by atoms with Gasteiger partial charge in [0.05, 0.1) is 6.61 Å². The predicted molar refractivity (Wildman–Crippen MR) is 78.9 cm³/mol. The van der Waals surface area contributed by atoms with E-state index >= 15 is 0 Å². The molecule has 0 aromatic carbocycles. The Kier molecular flexibility index (Phi) is 8.70. The maximum atomic E-state index is 5.66. The largest absolute Gasteiger partial charge is 0.380 e. The Morgan fingerprint density at radius 3 is 2.44 bits per heavy atom. The minimum atomic E-state index is 0.721. The van der Waals surface area contributed by atoms with Crippen LogP contribution in [0.15, 0.2) is 0 Å². The molecule has 18 heavy (non-hydrogen) atoms. The van der Waals surface area contributed by atoms with Crippen molar-refractivity contribution in [1.82, 2.24) is 5.32 Å². The van der Waals surface area contributed by atoms with Crippen LogP contribution in [0.2, 0.25) is 0 Å². The molecule has 0 aromatic heterocycles. The van der Waals surface area contributed by atoms with Crippen LogP contribution in [0.1, 0.15) is 65.7 Å². The second kappa shape index (κ2) is 9.80. The zero-order valence-electron chi connectivity index (χ0n) is 12.7. The molecule has 108 valence electrons. The van der Waals surface area contributed by atoms with Crippen molar-refractivity contribution in [1.29, 1.82) is 0 Å². The van der Waals surface area contributed by atoms with E-state index in [1.807, 2.05) is 0 Å². The van der Waals surface area contributed by atoms with Gasteiger partial charge in [-0.05, 0) is 37.5 Å². The zero-order valence-corrected chi connectivity index (χ0v) is 12.7. The molecule has 1 fully saturated rings. The minimum Gasteiger partial charge on any atom is -0.380 e. The number of hydrogen-bond donors (Lipinski definition) is 1. The molecule has 0 saturated heterocycles. The topological polar surface area (TPSA) is 21.3 Å². The predicted octanol–water partition coefficient (Wildman–Crippen LogP) is 4.00. The van der Waals surface area contributed by atoms with Gasteiger partial charge in [-0.2, -0.15) is 0 Å². The number of rotatable bonds is 9. The third kappa shape index (κ3) is 6.75. The standard InChI is InChI=1S/C16H33NO/c1-4-16(15-8-6-5-7-9-15)17-11-13-18-12-10-14(2)3/h14-17H,4-13H2,1-3H3. The molecule has 1 unspecified atom stereocenters. The summed E-state index contributed by atoms with van der Waals surface area (Å²) >= 11 is 0. The van der Waals surface area contributed by atoms with Crippen LogP contribution >= 0.6 is 0 Å². The highest BCUT2D eigenvalue weighted by Gasteiger charge is 2.21. The lowest BCUT2D eigenvalue weighted by Gasteiger charge is -2.30. The van der Waals surface area contributed by atoms with Gasteiger partial charge in [-0.25, -0.2) is 0 Å². The number of ether oxygens (including phenoxy) is 1. The summed E-state index contributed by atoms with van der Waals surface area (Å²) in [6, 6.07) is 0.721. The average molecular weight is 255 g/mol. The van der Waals surface area contributed by atoms with Gasteiger partial charge in [0.1, 0.15) is 0 Å². The normalized spacial score (nSPS) is 19.3. The summed E-state index contributed by atoms with van der Waals surface area (Å²) in [5.74, 6) is 1.67. The molecule has 0 radical (unpaired) electrons. The van der Waals surface area contributed by atoms with Crippen molar-refractivity contribution in [3.63, 3.8) is 0 Å². The number of nitrogens with one attached hydrogen (secondary N) is 1. The molecular weight excluding hydrogens is 222 g/mol. The molecule has 1 saturated carbocycles. The molecule has 0 spiro atoms. The summed E-state index contributed by atoms with van der Waals surface area (Å²) in [6.07, 6.45) is 9.63. The van der Waals surface area contributed by atoms with Crippen LogP contribution < -0.4 is 5.32 Å². The Labute approximate surface area is 114 Å². The first-order valence-corrected chi connectivity index (χ1v) is 8.05. The third-order valence-corrected chi connectivity index (χ3v) is 4.15. The first-order valence-electron chi connectivity index (χ1n) is 8.05. The molecular formula is C16H33NO. The maximum absolute atomic E-state index is 5.66. The molecule has 1 aliphatic carbocycles. The van der Waals surface area contributed by atoms with Crippen LogP contribution in [0.25, 0.3) is 0 Å². The van der Waals surface area contributed by atoms with Crippen LogP contribution in [0.5, 0.6) is 0 Å². The van der Waals surface area contributed by atoms with Gasteiger partial charge in [-0.3, -0.25) is 0 Å². The third-order valence-electron chi connectivity index (χ3n) is 4.15. The van der Waals surface area contributed by atoms with Gasteiger partial charge in [0.15, 0.2) is 0 Å². The summed E-state index contributed by atoms with van der Waals surface area (Å²) in [7, 11) is 0. The van der Waals surface area contributed by atoms with Gasteiger partial charge in [-0.1, -0.05) is 40.0 Å². The fourth-order valence-electron chi connectivity index (χ4n) is 2.92. The summed E-state index contributed by atoms with van der Waals surface area (Å²) < 4.78 is 5.66. The van der Waals surface area contributed by atoms with E-state index in [2.05, 4.69) is 26.1 Å². The van der Waals surface area contributed by atoms with E-state index in [4.69, 9.17) is 4.74 Å². The van der Waals surface area contributed by atoms with Crippen molar-refractivity contribution in [2.24, 2.45) is 11.8 Å². The van der Waals surface area contributed by atoms with Gasteiger partial charge in [-0.15, -0.1) is 0 Å². The fraction of sp³-hybridized carbons (Fsp3) is 1.00. The van der Waals surface area contributed by atoms with Crippen LogP contribution in [0, 0.1) is 11.8 Å². The van der Waals surface area contributed by atoms with Crippen LogP contribution in [0.3, 0.4) is 0 Å². The highest BCUT2D eigenvalue weighted by Crippen LogP contribution is 2.27. The van der Waals surface area contributed by atoms with Gasteiger partial charge in [0.2, 0.25) is 0 Å². The maximum Gasteiger partial charge on any atom is 0.0591 e. The van der Waals surface area contributed by atoms with Gasteiger partial charge in [0, 0.05) is 19.2 Å². The van der Waals surface area contributed by atoms with Gasteiger partial charge >= 0.3 is 0 Å². The van der Waals surface area contributed by atoms with Gasteiger partial charge < -0.3 is 10.1 Å². The smallest absolute Gasteiger partial charge is 0.0591 e. The number of hydrogen-bond acceptors (Lipinski definition) is 2. The quantitative estimate of drug-likeness (QED) is 0.629. The Morgan fingerprint density at radius 1 is 1.11 bits per heavy atom. The Bertz CT molecular complexity index is 188. The average Bonchev–Trinajstić information content (AvgIpc) is 2.38. The lowest BCUT2D eigenvalue weighted by molar-refractivity contribution is 0.119. The Morgan fingerprint density at radius 2 is 1.83 bits per heavy atom. The molecule has 2 nitrogen and oxygen atoms in total. The first kappa shape index (κ1) is 16.0. The summed E-state index contributed by atoms with van der Waals surface area (Å²) in [5, 5.41) is 3.70. The van der Waals surface area contributed by atoms with Crippen molar-refractivity contribution >= 4 is 0 Å². The molecule has 1 rings (SSSR count). The van der Waals surface area contributed by atoms with Crippen molar-refractivity contribution in [3.8, 4) is 0 Å². The lowest BCUT2D eigenvalue weighted by atomic mass is 9.83. The molecule has 0 heterocycles. The van der Waals surface area contributed by atoms with E-state index in [1.54, 1.807) is 0 Å². The first-order chi connectivity index (χ1) is 8.74. The van der Waals surface area contributed by atoms with Crippen LogP contribution in [-0.2, 0) is 4.74 Å². The van der Waals surface area contributed by atoms with E-state index in [9.17, 15) is 0 Å². The second-order valence-corrected chi connectivity index (χ2v) is 6.16. The van der Waals surface area contributed by atoms with Crippen LogP contribution in [-0.4, -0.2) is 25.8 Å². The summed E-state index contributed by atoms with van der Waals surface area (Å²) in [4.78, 5) is 0. The monoisotopic (exact) mass is 255 g/mol.